The summed E-state index contributed by atoms with van der Waals surface area (Å²) in [4.78, 5) is 41.9. The number of amides is 1. The van der Waals surface area contributed by atoms with Crippen LogP contribution in [-0.4, -0.2) is 34.8 Å². The lowest BCUT2D eigenvalue weighted by Crippen LogP contribution is -2.43. The van der Waals surface area contributed by atoms with Crippen LogP contribution in [0.25, 0.3) is 0 Å². The molecule has 0 radical (unpaired) electrons. The number of aromatic amines is 1. The lowest BCUT2D eigenvalue weighted by Gasteiger charge is -2.25. The van der Waals surface area contributed by atoms with Crippen LogP contribution in [0, 0.1) is 13.8 Å². The quantitative estimate of drug-likeness (QED) is 0.663. The van der Waals surface area contributed by atoms with Crippen molar-refractivity contribution in [2.75, 3.05) is 4.90 Å². The molecule has 3 rings (SSSR count). The van der Waals surface area contributed by atoms with Gasteiger partial charge < -0.3 is 14.6 Å². The molecule has 27 heavy (non-hydrogen) atoms. The Labute approximate surface area is 158 Å². The minimum absolute atomic E-state index is 0.00911. The second-order valence-corrected chi connectivity index (χ2v) is 7.12. The van der Waals surface area contributed by atoms with Crippen molar-refractivity contribution in [3.05, 3.63) is 52.3 Å². The van der Waals surface area contributed by atoms with Crippen LogP contribution in [0.3, 0.4) is 0 Å². The number of nitrogens with zero attached hydrogens (tertiary/aromatic N) is 1. The third-order valence-corrected chi connectivity index (χ3v) is 5.07. The fourth-order valence-electron chi connectivity index (χ4n) is 3.85. The number of H-pyrrole nitrogens is 1. The highest BCUT2D eigenvalue weighted by Crippen LogP contribution is 2.32. The molecule has 2 heterocycles. The second-order valence-electron chi connectivity index (χ2n) is 7.12. The highest BCUT2D eigenvalue weighted by Gasteiger charge is 2.35. The number of benzene rings is 1. The number of ether oxygens (including phenoxy) is 1. The minimum Gasteiger partial charge on any atom is -0.448 e. The lowest BCUT2D eigenvalue weighted by atomic mass is 10.1. The number of anilines is 1. The van der Waals surface area contributed by atoms with Crippen molar-refractivity contribution >= 4 is 23.3 Å². The molecule has 1 aromatic carbocycles. The minimum atomic E-state index is -0.935. The summed E-state index contributed by atoms with van der Waals surface area (Å²) in [5.41, 5.74) is 3.84. The molecule has 6 nitrogen and oxygen atoms in total. The van der Waals surface area contributed by atoms with Crippen LogP contribution in [0.4, 0.5) is 5.69 Å². The first-order valence-corrected chi connectivity index (χ1v) is 9.04. The van der Waals surface area contributed by atoms with Gasteiger partial charge in [-0.2, -0.15) is 0 Å². The summed E-state index contributed by atoms with van der Waals surface area (Å²) in [5.74, 6) is -1.01. The molecule has 0 unspecified atom stereocenters. The number of Topliss-reactive ketones (excluding diaryl/α,β-unsaturated/α-hetero) is 1. The third kappa shape index (κ3) is 3.27. The largest absolute Gasteiger partial charge is 0.448 e. The molecular weight excluding hydrogens is 344 g/mol. The van der Waals surface area contributed by atoms with Gasteiger partial charge in [0.15, 0.2) is 11.9 Å². The second kappa shape index (κ2) is 7.02. The van der Waals surface area contributed by atoms with E-state index < -0.39 is 12.1 Å². The van der Waals surface area contributed by atoms with Crippen LogP contribution in [0.15, 0.2) is 24.3 Å². The van der Waals surface area contributed by atoms with Crippen LogP contribution in [-0.2, 0) is 16.0 Å². The van der Waals surface area contributed by atoms with Gasteiger partial charge in [0.1, 0.15) is 5.69 Å². The van der Waals surface area contributed by atoms with Crippen molar-refractivity contribution in [1.82, 2.24) is 4.98 Å². The zero-order chi connectivity index (χ0) is 19.9. The van der Waals surface area contributed by atoms with Gasteiger partial charge in [0, 0.05) is 23.0 Å². The number of esters is 1. The van der Waals surface area contributed by atoms with E-state index in [1.165, 1.54) is 6.92 Å². The van der Waals surface area contributed by atoms with Gasteiger partial charge in [-0.25, -0.2) is 4.79 Å². The summed E-state index contributed by atoms with van der Waals surface area (Å²) in [7, 11) is 0. The zero-order valence-corrected chi connectivity index (χ0v) is 16.3. The van der Waals surface area contributed by atoms with E-state index in [1.807, 2.05) is 31.2 Å². The molecule has 0 saturated carbocycles. The Hall–Kier alpha value is -2.89. The molecule has 142 valence electrons. The van der Waals surface area contributed by atoms with Gasteiger partial charge in [-0.1, -0.05) is 18.2 Å². The molecular formula is C21H24N2O4. The number of para-hydroxylation sites is 1. The maximum absolute atomic E-state index is 12.9. The SMILES string of the molecule is CC(=O)c1c(C)[nH]c(C(=O)O[C@@H](C)C(=O)N2c3ccccc3C[C@H]2C)c1C. The van der Waals surface area contributed by atoms with Crippen LogP contribution < -0.4 is 4.90 Å². The highest BCUT2D eigenvalue weighted by molar-refractivity contribution is 6.03. The number of ketones is 1. The van der Waals surface area contributed by atoms with E-state index >= 15 is 0 Å². The first-order chi connectivity index (χ1) is 12.7. The van der Waals surface area contributed by atoms with Crippen LogP contribution in [0.5, 0.6) is 0 Å². The van der Waals surface area contributed by atoms with Gasteiger partial charge in [-0.15, -0.1) is 0 Å². The van der Waals surface area contributed by atoms with Crippen LogP contribution in [0.2, 0.25) is 0 Å². The van der Waals surface area contributed by atoms with E-state index in [-0.39, 0.29) is 23.4 Å². The number of carbonyl (C=O) groups excluding carboxylic acids is 3. The molecule has 1 N–H and O–H groups in total. The Morgan fingerprint density at radius 1 is 1.22 bits per heavy atom. The predicted octanol–water partition coefficient (Wildman–Crippen LogP) is 3.36. The molecule has 1 aliphatic rings. The Morgan fingerprint density at radius 3 is 2.52 bits per heavy atom. The first-order valence-electron chi connectivity index (χ1n) is 9.04. The van der Waals surface area contributed by atoms with E-state index in [4.69, 9.17) is 4.74 Å². The van der Waals surface area contributed by atoms with Crippen molar-refractivity contribution in [2.24, 2.45) is 0 Å². The molecule has 1 aromatic heterocycles. The van der Waals surface area contributed by atoms with E-state index in [0.29, 0.717) is 16.8 Å². The van der Waals surface area contributed by atoms with E-state index in [1.54, 1.807) is 25.7 Å². The molecule has 0 saturated heterocycles. The van der Waals surface area contributed by atoms with E-state index in [2.05, 4.69) is 4.98 Å². The average molecular weight is 368 g/mol. The Balaban J connectivity index is 1.79. The maximum atomic E-state index is 12.9. The molecule has 0 bridgehead atoms. The zero-order valence-electron chi connectivity index (χ0n) is 16.3. The van der Waals surface area contributed by atoms with Crippen LogP contribution in [0.1, 0.15) is 58.4 Å². The summed E-state index contributed by atoms with van der Waals surface area (Å²) in [6.45, 7) is 8.44. The fourth-order valence-corrected chi connectivity index (χ4v) is 3.85. The number of hydrogen-bond donors (Lipinski definition) is 1. The number of hydrogen-bond acceptors (Lipinski definition) is 4. The van der Waals surface area contributed by atoms with Crippen molar-refractivity contribution in [3.63, 3.8) is 0 Å². The highest BCUT2D eigenvalue weighted by atomic mass is 16.5. The van der Waals surface area contributed by atoms with Gasteiger partial charge in [-0.3, -0.25) is 9.59 Å². The van der Waals surface area contributed by atoms with Gasteiger partial charge in [0.2, 0.25) is 0 Å². The lowest BCUT2D eigenvalue weighted by molar-refractivity contribution is -0.126. The Kier molecular flexibility index (Phi) is 4.91. The number of nitrogens with one attached hydrogen (secondary N) is 1. The fraction of sp³-hybridized carbons (Fsp3) is 0.381. The molecule has 0 spiro atoms. The molecule has 2 aromatic rings. The maximum Gasteiger partial charge on any atom is 0.355 e. The van der Waals surface area contributed by atoms with Crippen molar-refractivity contribution in [1.29, 1.82) is 0 Å². The molecule has 0 aliphatic carbocycles. The molecule has 1 amide bonds. The average Bonchev–Trinajstić information content (AvgIpc) is 3.09. The number of fused-ring (bicyclic) bond motifs is 1. The number of rotatable bonds is 4. The van der Waals surface area contributed by atoms with Crippen molar-refractivity contribution in [3.8, 4) is 0 Å². The molecule has 2 atom stereocenters. The summed E-state index contributed by atoms with van der Waals surface area (Å²) >= 11 is 0. The standard InChI is InChI=1S/C21H24N2O4/c1-11-10-16-8-6-7-9-17(16)23(11)20(25)15(5)27-21(26)19-12(2)18(14(4)24)13(3)22-19/h6-9,11,15,22H,10H2,1-5H3/t11-,15+/m1/s1. The Bertz CT molecular complexity index is 928. The van der Waals surface area contributed by atoms with E-state index in [9.17, 15) is 14.4 Å². The Morgan fingerprint density at radius 2 is 1.89 bits per heavy atom. The van der Waals surface area contributed by atoms with Gasteiger partial charge >= 0.3 is 5.97 Å². The summed E-state index contributed by atoms with van der Waals surface area (Å²) in [6, 6.07) is 7.76. The smallest absolute Gasteiger partial charge is 0.355 e. The number of aromatic nitrogens is 1. The van der Waals surface area contributed by atoms with Crippen molar-refractivity contribution < 1.29 is 19.1 Å². The van der Waals surface area contributed by atoms with Gasteiger partial charge in [0.05, 0.1) is 0 Å². The van der Waals surface area contributed by atoms with Gasteiger partial charge in [-0.05, 0) is 58.2 Å². The van der Waals surface area contributed by atoms with E-state index in [0.717, 1.165) is 17.7 Å². The molecule has 0 fully saturated rings. The normalized spacial score (nSPS) is 16.8. The van der Waals surface area contributed by atoms with Crippen LogP contribution >= 0.6 is 0 Å². The molecule has 6 heteroatoms. The van der Waals surface area contributed by atoms with Gasteiger partial charge in [0.25, 0.3) is 5.91 Å². The number of carbonyl (C=O) groups is 3. The topological polar surface area (TPSA) is 79.5 Å². The summed E-state index contributed by atoms with van der Waals surface area (Å²) < 4.78 is 5.43. The molecule has 1 aliphatic heterocycles. The monoisotopic (exact) mass is 368 g/mol. The first kappa shape index (κ1) is 18.9. The summed E-state index contributed by atoms with van der Waals surface area (Å²) in [6.07, 6.45) is -0.158. The third-order valence-electron chi connectivity index (χ3n) is 5.07. The predicted molar refractivity (Wildman–Crippen MR) is 102 cm³/mol. The van der Waals surface area contributed by atoms with Crippen molar-refractivity contribution in [2.45, 2.75) is 53.2 Å². The summed E-state index contributed by atoms with van der Waals surface area (Å²) in [5, 5.41) is 0. The number of aryl methyl sites for hydroxylation is 1.